The van der Waals surface area contributed by atoms with Crippen molar-refractivity contribution in [2.45, 2.75) is 12.8 Å². The molecule has 29 heavy (non-hydrogen) atoms. The van der Waals surface area contributed by atoms with Crippen molar-refractivity contribution in [1.29, 1.82) is 0 Å². The summed E-state index contributed by atoms with van der Waals surface area (Å²) >= 11 is 0. The van der Waals surface area contributed by atoms with E-state index >= 15 is 4.39 Å². The number of benzene rings is 3. The van der Waals surface area contributed by atoms with Gasteiger partial charge in [-0.2, -0.15) is 5.10 Å². The second-order valence-electron chi connectivity index (χ2n) is 6.72. The number of nitro benzene ring substituents is 1. The van der Waals surface area contributed by atoms with Crippen LogP contribution < -0.4 is 11.1 Å². The number of H-pyrrole nitrogens is 1. The highest BCUT2D eigenvalue weighted by Gasteiger charge is 2.25. The van der Waals surface area contributed by atoms with Gasteiger partial charge in [-0.15, -0.1) is 0 Å². The molecule has 0 saturated carbocycles. The molecular formula is C21H18FN5O2. The molecule has 7 nitrogen and oxygen atoms in total. The average Bonchev–Trinajstić information content (AvgIpc) is 3.11. The standard InChI is InChI=1S/C21H18FN5O2/c1-12(13-7-3-2-4-8-13)14-9-5-6-10-16(14)24-20-17(27(28)29)11-15-19(18(20)22)25-26-21(15)23/h2-12,24H,1H3,(H3,23,25,26). The molecule has 1 unspecified atom stereocenters. The number of aromatic nitrogens is 2. The minimum atomic E-state index is -0.805. The van der Waals surface area contributed by atoms with Gasteiger partial charge in [0.15, 0.2) is 17.3 Å². The van der Waals surface area contributed by atoms with Crippen molar-refractivity contribution in [2.24, 2.45) is 0 Å². The Balaban J connectivity index is 1.83. The number of para-hydroxylation sites is 1. The minimum absolute atomic E-state index is 0.00597. The van der Waals surface area contributed by atoms with Crippen molar-refractivity contribution in [2.75, 3.05) is 11.1 Å². The predicted molar refractivity (Wildman–Crippen MR) is 111 cm³/mol. The van der Waals surface area contributed by atoms with E-state index in [0.717, 1.165) is 11.1 Å². The molecule has 1 heterocycles. The Morgan fingerprint density at radius 2 is 1.86 bits per heavy atom. The molecular weight excluding hydrogens is 373 g/mol. The molecule has 8 heteroatoms. The van der Waals surface area contributed by atoms with E-state index in [0.29, 0.717) is 5.69 Å². The first-order chi connectivity index (χ1) is 14.0. The van der Waals surface area contributed by atoms with Crippen LogP contribution in [0.3, 0.4) is 0 Å². The van der Waals surface area contributed by atoms with Crippen molar-refractivity contribution < 1.29 is 9.31 Å². The second kappa shape index (κ2) is 7.23. The molecule has 4 aromatic rings. The van der Waals surface area contributed by atoms with Gasteiger partial charge in [-0.05, 0) is 17.2 Å². The number of rotatable bonds is 5. The zero-order valence-corrected chi connectivity index (χ0v) is 15.5. The summed E-state index contributed by atoms with van der Waals surface area (Å²) in [5.41, 5.74) is 7.61. The number of fused-ring (bicyclic) bond motifs is 1. The molecule has 0 saturated heterocycles. The molecule has 0 bridgehead atoms. The number of nitrogens with one attached hydrogen (secondary N) is 2. The number of aromatic amines is 1. The Morgan fingerprint density at radius 3 is 2.59 bits per heavy atom. The van der Waals surface area contributed by atoms with Crippen LogP contribution in [0.15, 0.2) is 60.7 Å². The van der Waals surface area contributed by atoms with Gasteiger partial charge in [-0.25, -0.2) is 4.39 Å². The Morgan fingerprint density at radius 1 is 1.17 bits per heavy atom. The van der Waals surface area contributed by atoms with E-state index in [1.807, 2.05) is 49.4 Å². The maximum Gasteiger partial charge on any atom is 0.296 e. The Kier molecular flexibility index (Phi) is 4.59. The summed E-state index contributed by atoms with van der Waals surface area (Å²) in [6.07, 6.45) is 0. The van der Waals surface area contributed by atoms with E-state index in [4.69, 9.17) is 5.73 Å². The molecule has 0 fully saturated rings. The second-order valence-corrected chi connectivity index (χ2v) is 6.72. The summed E-state index contributed by atoms with van der Waals surface area (Å²) < 4.78 is 15.2. The molecule has 4 rings (SSSR count). The molecule has 4 N–H and O–H groups in total. The maximum absolute atomic E-state index is 15.2. The van der Waals surface area contributed by atoms with Crippen LogP contribution in [0.4, 0.5) is 27.3 Å². The van der Waals surface area contributed by atoms with Crippen LogP contribution in [0.1, 0.15) is 24.0 Å². The van der Waals surface area contributed by atoms with Crippen molar-refractivity contribution in [3.63, 3.8) is 0 Å². The van der Waals surface area contributed by atoms with Crippen LogP contribution in [-0.2, 0) is 0 Å². The van der Waals surface area contributed by atoms with Crippen molar-refractivity contribution in [3.8, 4) is 0 Å². The lowest BCUT2D eigenvalue weighted by Gasteiger charge is -2.18. The highest BCUT2D eigenvalue weighted by atomic mass is 19.1. The Labute approximate surface area is 165 Å². The van der Waals surface area contributed by atoms with Crippen LogP contribution in [0, 0.1) is 15.9 Å². The number of anilines is 3. The quantitative estimate of drug-likeness (QED) is 0.324. The third-order valence-corrected chi connectivity index (χ3v) is 4.99. The lowest BCUT2D eigenvalue weighted by molar-refractivity contribution is -0.383. The molecule has 0 spiro atoms. The molecule has 0 aliphatic carbocycles. The van der Waals surface area contributed by atoms with Gasteiger partial charge in [0.2, 0.25) is 0 Å². The summed E-state index contributed by atoms with van der Waals surface area (Å²) in [5.74, 6) is -0.805. The van der Waals surface area contributed by atoms with Crippen molar-refractivity contribution >= 4 is 33.8 Å². The van der Waals surface area contributed by atoms with E-state index in [9.17, 15) is 10.1 Å². The third-order valence-electron chi connectivity index (χ3n) is 4.99. The lowest BCUT2D eigenvalue weighted by atomic mass is 9.92. The van der Waals surface area contributed by atoms with E-state index in [1.165, 1.54) is 6.07 Å². The molecule has 1 atom stereocenters. The first-order valence-corrected chi connectivity index (χ1v) is 8.98. The minimum Gasteiger partial charge on any atom is -0.382 e. The largest absolute Gasteiger partial charge is 0.382 e. The van der Waals surface area contributed by atoms with Crippen LogP contribution in [0.2, 0.25) is 0 Å². The van der Waals surface area contributed by atoms with Gasteiger partial charge >= 0.3 is 0 Å². The monoisotopic (exact) mass is 391 g/mol. The number of nitro groups is 1. The zero-order valence-electron chi connectivity index (χ0n) is 15.5. The summed E-state index contributed by atoms with van der Waals surface area (Å²) in [6, 6.07) is 18.4. The summed E-state index contributed by atoms with van der Waals surface area (Å²) in [7, 11) is 0. The average molecular weight is 391 g/mol. The van der Waals surface area contributed by atoms with Crippen LogP contribution in [0.5, 0.6) is 0 Å². The first kappa shape index (κ1) is 18.4. The number of nitrogens with two attached hydrogens (primary N) is 1. The highest BCUT2D eigenvalue weighted by molar-refractivity contribution is 5.96. The number of nitrogen functional groups attached to an aromatic ring is 1. The Bertz CT molecular complexity index is 1210. The molecule has 0 amide bonds. The van der Waals surface area contributed by atoms with Gasteiger partial charge in [0.05, 0.1) is 10.3 Å². The highest BCUT2D eigenvalue weighted by Crippen LogP contribution is 2.39. The number of hydrogen-bond acceptors (Lipinski definition) is 5. The number of hydrogen-bond donors (Lipinski definition) is 3. The van der Waals surface area contributed by atoms with Gasteiger partial charge < -0.3 is 11.1 Å². The van der Waals surface area contributed by atoms with Gasteiger partial charge in [0, 0.05) is 17.7 Å². The van der Waals surface area contributed by atoms with E-state index in [-0.39, 0.29) is 28.3 Å². The van der Waals surface area contributed by atoms with Crippen molar-refractivity contribution in [3.05, 3.63) is 87.7 Å². The molecule has 1 aromatic heterocycles. The number of halogens is 1. The summed E-state index contributed by atoms with van der Waals surface area (Å²) in [6.45, 7) is 2.03. The summed E-state index contributed by atoms with van der Waals surface area (Å²) in [4.78, 5) is 11.0. The van der Waals surface area contributed by atoms with Crippen LogP contribution in [-0.4, -0.2) is 15.1 Å². The predicted octanol–water partition coefficient (Wildman–Crippen LogP) is 5.09. The zero-order chi connectivity index (χ0) is 20.5. The fraction of sp³-hybridized carbons (Fsp3) is 0.0952. The first-order valence-electron chi connectivity index (χ1n) is 8.98. The van der Waals surface area contributed by atoms with E-state index in [2.05, 4.69) is 15.5 Å². The van der Waals surface area contributed by atoms with Gasteiger partial charge in [-0.1, -0.05) is 55.5 Å². The van der Waals surface area contributed by atoms with Crippen molar-refractivity contribution in [1.82, 2.24) is 10.2 Å². The lowest BCUT2D eigenvalue weighted by Crippen LogP contribution is -2.05. The van der Waals surface area contributed by atoms with Gasteiger partial charge in [0.25, 0.3) is 5.69 Å². The van der Waals surface area contributed by atoms with Crippen LogP contribution >= 0.6 is 0 Å². The van der Waals surface area contributed by atoms with Crippen LogP contribution in [0.25, 0.3) is 10.9 Å². The molecule has 0 radical (unpaired) electrons. The molecule has 3 aromatic carbocycles. The van der Waals surface area contributed by atoms with Gasteiger partial charge in [0.1, 0.15) is 5.52 Å². The molecule has 146 valence electrons. The molecule has 0 aliphatic heterocycles. The Hall–Kier alpha value is -3.94. The number of nitrogens with zero attached hydrogens (tertiary/aromatic N) is 2. The van der Waals surface area contributed by atoms with Gasteiger partial charge in [-0.3, -0.25) is 15.2 Å². The SMILES string of the molecule is CC(c1ccccc1)c1ccccc1Nc1c([N+](=O)[O-])cc2c(N)n[nH]c2c1F. The fourth-order valence-electron chi connectivity index (χ4n) is 3.43. The fourth-order valence-corrected chi connectivity index (χ4v) is 3.43. The van der Waals surface area contributed by atoms with E-state index in [1.54, 1.807) is 12.1 Å². The summed E-state index contributed by atoms with van der Waals surface area (Å²) in [5, 5.41) is 21.0. The third kappa shape index (κ3) is 3.25. The smallest absolute Gasteiger partial charge is 0.296 e. The van der Waals surface area contributed by atoms with E-state index < -0.39 is 16.4 Å². The topological polar surface area (TPSA) is 110 Å². The maximum atomic E-state index is 15.2. The normalized spacial score (nSPS) is 12.1. The molecule has 0 aliphatic rings.